The Morgan fingerprint density at radius 3 is 2.39 bits per heavy atom. The number of carbonyl (C=O) groups excluding carboxylic acids is 1. The van der Waals surface area contributed by atoms with Crippen molar-refractivity contribution in [2.75, 3.05) is 46.4 Å². The van der Waals surface area contributed by atoms with Crippen LogP contribution in [0.4, 0.5) is 0 Å². The molecule has 1 heterocycles. The number of rotatable bonds is 9. The SMILES string of the molecule is COCCNCC(=O)NCC(C(C)C)N1CCC(C)CC1.Cl.Cl. The quantitative estimate of drug-likeness (QED) is 0.608. The number of hydrogen-bond acceptors (Lipinski definition) is 4. The number of methoxy groups -OCH3 is 1. The molecule has 1 fully saturated rings. The first kappa shape index (κ1) is 25.2. The van der Waals surface area contributed by atoms with E-state index < -0.39 is 0 Å². The highest BCUT2D eigenvalue weighted by Crippen LogP contribution is 2.20. The van der Waals surface area contributed by atoms with Crippen molar-refractivity contribution in [1.29, 1.82) is 0 Å². The number of ether oxygens (including phenoxy) is 1. The number of nitrogens with one attached hydrogen (secondary N) is 2. The van der Waals surface area contributed by atoms with Gasteiger partial charge in [-0.15, -0.1) is 24.8 Å². The van der Waals surface area contributed by atoms with Crippen molar-refractivity contribution in [2.24, 2.45) is 11.8 Å². The third-order valence-electron chi connectivity index (χ3n) is 4.33. The van der Waals surface area contributed by atoms with Crippen molar-refractivity contribution >= 4 is 30.7 Å². The fraction of sp³-hybridized carbons (Fsp3) is 0.938. The largest absolute Gasteiger partial charge is 0.383 e. The van der Waals surface area contributed by atoms with Crippen molar-refractivity contribution < 1.29 is 9.53 Å². The molecule has 1 unspecified atom stereocenters. The van der Waals surface area contributed by atoms with E-state index in [2.05, 4.69) is 36.3 Å². The second-order valence-corrected chi connectivity index (χ2v) is 6.50. The zero-order valence-corrected chi connectivity index (χ0v) is 16.6. The van der Waals surface area contributed by atoms with Gasteiger partial charge in [-0.3, -0.25) is 9.69 Å². The molecular formula is C16H35Cl2N3O2. The third-order valence-corrected chi connectivity index (χ3v) is 4.33. The monoisotopic (exact) mass is 371 g/mol. The van der Waals surface area contributed by atoms with Crippen molar-refractivity contribution in [3.05, 3.63) is 0 Å². The van der Waals surface area contributed by atoms with Gasteiger partial charge in [0.1, 0.15) is 0 Å². The minimum absolute atomic E-state index is 0. The fourth-order valence-corrected chi connectivity index (χ4v) is 2.80. The lowest BCUT2D eigenvalue weighted by molar-refractivity contribution is -0.120. The van der Waals surface area contributed by atoms with Gasteiger partial charge in [0, 0.05) is 26.2 Å². The first-order valence-corrected chi connectivity index (χ1v) is 8.25. The molecule has 1 saturated heterocycles. The minimum atomic E-state index is 0. The number of halogens is 2. The standard InChI is InChI=1S/C16H33N3O2.2ClH/c1-13(2)15(19-8-5-14(3)6-9-19)11-18-16(20)12-17-7-10-21-4;;/h13-15,17H,5-12H2,1-4H3,(H,18,20);2*1H. The van der Waals surface area contributed by atoms with E-state index in [0.717, 1.165) is 25.6 Å². The van der Waals surface area contributed by atoms with Crippen LogP contribution in [0, 0.1) is 11.8 Å². The molecule has 1 rings (SSSR count). The summed E-state index contributed by atoms with van der Waals surface area (Å²) in [6.45, 7) is 11.6. The second kappa shape index (κ2) is 14.3. The number of piperidine rings is 1. The summed E-state index contributed by atoms with van der Waals surface area (Å²) < 4.78 is 4.94. The van der Waals surface area contributed by atoms with E-state index in [0.29, 0.717) is 31.7 Å². The average molecular weight is 372 g/mol. The summed E-state index contributed by atoms with van der Waals surface area (Å²) in [6.07, 6.45) is 2.55. The summed E-state index contributed by atoms with van der Waals surface area (Å²) in [5.41, 5.74) is 0. The summed E-state index contributed by atoms with van der Waals surface area (Å²) in [5.74, 6) is 1.47. The van der Waals surface area contributed by atoms with E-state index in [1.54, 1.807) is 7.11 Å². The first-order chi connectivity index (χ1) is 10.0. The summed E-state index contributed by atoms with van der Waals surface area (Å²) >= 11 is 0. The van der Waals surface area contributed by atoms with Gasteiger partial charge in [-0.2, -0.15) is 0 Å². The molecule has 140 valence electrons. The molecular weight excluding hydrogens is 337 g/mol. The van der Waals surface area contributed by atoms with Gasteiger partial charge in [0.25, 0.3) is 0 Å². The predicted octanol–water partition coefficient (Wildman–Crippen LogP) is 1.94. The number of amides is 1. The zero-order chi connectivity index (χ0) is 15.7. The second-order valence-electron chi connectivity index (χ2n) is 6.50. The third kappa shape index (κ3) is 10.4. The summed E-state index contributed by atoms with van der Waals surface area (Å²) in [6, 6.07) is 0.445. The molecule has 0 aromatic heterocycles. The molecule has 7 heteroatoms. The van der Waals surface area contributed by atoms with Gasteiger partial charge in [-0.05, 0) is 37.8 Å². The maximum absolute atomic E-state index is 11.8. The number of hydrogen-bond donors (Lipinski definition) is 2. The van der Waals surface area contributed by atoms with Crippen LogP contribution in [0.25, 0.3) is 0 Å². The lowest BCUT2D eigenvalue weighted by Crippen LogP contribution is -2.50. The molecule has 5 nitrogen and oxygen atoms in total. The minimum Gasteiger partial charge on any atom is -0.383 e. The van der Waals surface area contributed by atoms with Crippen LogP contribution in [0.3, 0.4) is 0 Å². The van der Waals surface area contributed by atoms with Gasteiger partial charge in [0.05, 0.1) is 13.2 Å². The van der Waals surface area contributed by atoms with E-state index in [9.17, 15) is 4.79 Å². The van der Waals surface area contributed by atoms with Gasteiger partial charge in [-0.25, -0.2) is 0 Å². The van der Waals surface area contributed by atoms with Crippen LogP contribution in [0.5, 0.6) is 0 Å². The molecule has 23 heavy (non-hydrogen) atoms. The van der Waals surface area contributed by atoms with Crippen molar-refractivity contribution in [1.82, 2.24) is 15.5 Å². The topological polar surface area (TPSA) is 53.6 Å². The Bertz CT molecular complexity index is 299. The lowest BCUT2D eigenvalue weighted by atomic mass is 9.94. The van der Waals surface area contributed by atoms with Gasteiger partial charge in [0.2, 0.25) is 5.91 Å². The van der Waals surface area contributed by atoms with Crippen molar-refractivity contribution in [3.8, 4) is 0 Å². The zero-order valence-electron chi connectivity index (χ0n) is 15.0. The molecule has 0 aromatic rings. The fourth-order valence-electron chi connectivity index (χ4n) is 2.80. The number of likely N-dealkylation sites (tertiary alicyclic amines) is 1. The van der Waals surface area contributed by atoms with Gasteiger partial charge in [-0.1, -0.05) is 20.8 Å². The van der Waals surface area contributed by atoms with Crippen molar-refractivity contribution in [2.45, 2.75) is 39.7 Å². The Kier molecular flexibility index (Phi) is 15.6. The maximum atomic E-state index is 11.8. The van der Waals surface area contributed by atoms with Crippen LogP contribution < -0.4 is 10.6 Å². The van der Waals surface area contributed by atoms with Crippen LogP contribution in [0.15, 0.2) is 0 Å². The van der Waals surface area contributed by atoms with Gasteiger partial charge >= 0.3 is 0 Å². The van der Waals surface area contributed by atoms with Crippen LogP contribution in [-0.4, -0.2) is 63.3 Å². The molecule has 1 amide bonds. The summed E-state index contributed by atoms with van der Waals surface area (Å²) in [5, 5.41) is 6.14. The highest BCUT2D eigenvalue weighted by molar-refractivity contribution is 5.85. The predicted molar refractivity (Wildman–Crippen MR) is 101 cm³/mol. The van der Waals surface area contributed by atoms with E-state index in [-0.39, 0.29) is 30.7 Å². The van der Waals surface area contributed by atoms with Gasteiger partial charge in [0.15, 0.2) is 0 Å². The van der Waals surface area contributed by atoms with E-state index in [1.807, 2.05) is 0 Å². The molecule has 0 aliphatic carbocycles. The van der Waals surface area contributed by atoms with E-state index in [4.69, 9.17) is 4.74 Å². The molecule has 1 aliphatic rings. The van der Waals surface area contributed by atoms with Crippen LogP contribution >= 0.6 is 24.8 Å². The van der Waals surface area contributed by atoms with Crippen molar-refractivity contribution in [3.63, 3.8) is 0 Å². The van der Waals surface area contributed by atoms with E-state index >= 15 is 0 Å². The first-order valence-electron chi connectivity index (χ1n) is 8.25. The average Bonchev–Trinajstić information content (AvgIpc) is 2.45. The van der Waals surface area contributed by atoms with Crippen LogP contribution in [0.1, 0.15) is 33.6 Å². The molecule has 0 aromatic carbocycles. The number of carbonyl (C=O) groups is 1. The highest BCUT2D eigenvalue weighted by atomic mass is 35.5. The smallest absolute Gasteiger partial charge is 0.234 e. The Balaban J connectivity index is 0. The molecule has 0 spiro atoms. The number of nitrogens with zero attached hydrogens (tertiary/aromatic N) is 1. The molecule has 1 aliphatic heterocycles. The summed E-state index contributed by atoms with van der Waals surface area (Å²) in [7, 11) is 1.66. The molecule has 0 saturated carbocycles. The maximum Gasteiger partial charge on any atom is 0.234 e. The Morgan fingerprint density at radius 1 is 1.26 bits per heavy atom. The Hall–Kier alpha value is -0.0700. The highest BCUT2D eigenvalue weighted by Gasteiger charge is 2.25. The van der Waals surface area contributed by atoms with Gasteiger partial charge < -0.3 is 15.4 Å². The van der Waals surface area contributed by atoms with Crippen LogP contribution in [-0.2, 0) is 9.53 Å². The Labute approximate surface area is 154 Å². The molecule has 0 bridgehead atoms. The lowest BCUT2D eigenvalue weighted by Gasteiger charge is -2.38. The molecule has 1 atom stereocenters. The normalized spacial score (nSPS) is 17.3. The summed E-state index contributed by atoms with van der Waals surface area (Å²) in [4.78, 5) is 14.4. The molecule has 2 N–H and O–H groups in total. The Morgan fingerprint density at radius 2 is 1.87 bits per heavy atom. The molecule has 0 radical (unpaired) electrons. The van der Waals surface area contributed by atoms with Crippen LogP contribution in [0.2, 0.25) is 0 Å². The van der Waals surface area contributed by atoms with E-state index in [1.165, 1.54) is 12.8 Å².